The van der Waals surface area contributed by atoms with Gasteiger partial charge in [0.1, 0.15) is 0 Å². The third kappa shape index (κ3) is 3.20. The van der Waals surface area contributed by atoms with Gasteiger partial charge in [-0.25, -0.2) is 0 Å². The van der Waals surface area contributed by atoms with Crippen molar-refractivity contribution >= 4 is 24.1 Å². The molecule has 4 nitrogen and oxygen atoms in total. The van der Waals surface area contributed by atoms with Gasteiger partial charge in [-0.05, 0) is 28.5 Å². The molecule has 0 aliphatic rings. The van der Waals surface area contributed by atoms with Gasteiger partial charge in [-0.2, -0.15) is 0 Å². The number of anilines is 1. The first kappa shape index (κ1) is 14.8. The van der Waals surface area contributed by atoms with Crippen LogP contribution in [0.15, 0.2) is 72.8 Å². The maximum absolute atomic E-state index is 11.8. The number of hydrogen-bond acceptors (Lipinski definition) is 2. The van der Waals surface area contributed by atoms with Crippen LogP contribution in [-0.2, 0) is 4.57 Å². The molecule has 0 saturated heterocycles. The van der Waals surface area contributed by atoms with E-state index in [2.05, 4.69) is 5.32 Å². The molecule has 0 heterocycles. The van der Waals surface area contributed by atoms with Gasteiger partial charge >= 0.3 is 7.60 Å². The average molecular weight is 313 g/mol. The number of hydrogen-bond donors (Lipinski definition) is 3. The van der Waals surface area contributed by atoms with Crippen LogP contribution in [0, 0.1) is 0 Å². The monoisotopic (exact) mass is 313 g/mol. The quantitative estimate of drug-likeness (QED) is 0.633. The molecule has 0 aliphatic carbocycles. The Labute approximate surface area is 128 Å². The van der Waals surface area contributed by atoms with Crippen LogP contribution in [0.2, 0.25) is 0 Å². The second-order valence-electron chi connectivity index (χ2n) is 5.11. The van der Waals surface area contributed by atoms with Gasteiger partial charge in [-0.3, -0.25) is 4.57 Å². The fourth-order valence-corrected chi connectivity index (χ4v) is 3.31. The molecule has 112 valence electrons. The zero-order chi connectivity index (χ0) is 15.6. The number of nitrogens with one attached hydrogen (secondary N) is 1. The molecule has 0 spiro atoms. The third-order valence-electron chi connectivity index (χ3n) is 3.50. The van der Waals surface area contributed by atoms with E-state index >= 15 is 0 Å². The standard InChI is InChI=1S/C17H16NO3P/c19-22(20,21)17(14-7-2-1-3-8-14)18-16-11-10-13-6-4-5-9-15(13)12-16/h1-12,17-18H,(H2,19,20,21). The highest BCUT2D eigenvalue weighted by Crippen LogP contribution is 2.51. The minimum Gasteiger partial charge on any atom is -0.368 e. The molecule has 3 rings (SSSR count). The molecule has 5 heteroatoms. The summed E-state index contributed by atoms with van der Waals surface area (Å²) in [7, 11) is -4.33. The summed E-state index contributed by atoms with van der Waals surface area (Å²) in [5.41, 5.74) is 1.24. The summed E-state index contributed by atoms with van der Waals surface area (Å²) >= 11 is 0. The summed E-state index contributed by atoms with van der Waals surface area (Å²) in [5.74, 6) is -1.06. The molecule has 0 aromatic heterocycles. The first-order chi connectivity index (χ1) is 10.5. The lowest BCUT2D eigenvalue weighted by atomic mass is 10.1. The van der Waals surface area contributed by atoms with Gasteiger partial charge in [0, 0.05) is 5.69 Å². The van der Waals surface area contributed by atoms with Crippen LogP contribution in [0.3, 0.4) is 0 Å². The van der Waals surface area contributed by atoms with Crippen molar-refractivity contribution in [1.82, 2.24) is 0 Å². The van der Waals surface area contributed by atoms with Gasteiger partial charge in [0.25, 0.3) is 0 Å². The Balaban J connectivity index is 1.97. The van der Waals surface area contributed by atoms with Gasteiger partial charge in [0.15, 0.2) is 5.78 Å². The van der Waals surface area contributed by atoms with Crippen molar-refractivity contribution in [3.8, 4) is 0 Å². The molecular formula is C17H16NO3P. The Bertz CT molecular complexity index is 829. The highest BCUT2D eigenvalue weighted by molar-refractivity contribution is 7.52. The summed E-state index contributed by atoms with van der Waals surface area (Å²) in [6.07, 6.45) is 0. The maximum atomic E-state index is 11.8. The molecule has 3 aromatic carbocycles. The molecule has 0 saturated carbocycles. The van der Waals surface area contributed by atoms with Crippen molar-refractivity contribution in [1.29, 1.82) is 0 Å². The van der Waals surface area contributed by atoms with E-state index in [0.717, 1.165) is 10.8 Å². The summed E-state index contributed by atoms with van der Waals surface area (Å²) in [6.45, 7) is 0. The normalized spacial score (nSPS) is 13.0. The molecule has 0 radical (unpaired) electrons. The van der Waals surface area contributed by atoms with Crippen LogP contribution in [0.4, 0.5) is 5.69 Å². The van der Waals surface area contributed by atoms with Crippen LogP contribution in [0.1, 0.15) is 11.3 Å². The summed E-state index contributed by atoms with van der Waals surface area (Å²) < 4.78 is 11.8. The molecule has 1 unspecified atom stereocenters. The van der Waals surface area contributed by atoms with Gasteiger partial charge in [-0.1, -0.05) is 60.7 Å². The van der Waals surface area contributed by atoms with Gasteiger partial charge in [0.2, 0.25) is 0 Å². The van der Waals surface area contributed by atoms with Crippen molar-refractivity contribution in [3.05, 3.63) is 78.4 Å². The van der Waals surface area contributed by atoms with E-state index in [0.29, 0.717) is 11.3 Å². The van der Waals surface area contributed by atoms with E-state index in [1.165, 1.54) is 0 Å². The average Bonchev–Trinajstić information content (AvgIpc) is 2.52. The molecule has 1 atom stereocenters. The van der Waals surface area contributed by atoms with Crippen molar-refractivity contribution in [2.75, 3.05) is 5.32 Å². The van der Waals surface area contributed by atoms with Crippen LogP contribution in [-0.4, -0.2) is 9.79 Å². The minimum atomic E-state index is -4.33. The van der Waals surface area contributed by atoms with E-state index in [4.69, 9.17) is 0 Å². The SMILES string of the molecule is O=P(O)(O)C(Nc1ccc2ccccc2c1)c1ccccc1. The molecule has 0 aliphatic heterocycles. The second kappa shape index (κ2) is 5.93. The van der Waals surface area contributed by atoms with E-state index in [1.54, 1.807) is 24.3 Å². The minimum absolute atomic E-state index is 0.559. The lowest BCUT2D eigenvalue weighted by molar-refractivity contribution is 0.363. The Morgan fingerprint density at radius 3 is 2.14 bits per heavy atom. The predicted octanol–water partition coefficient (Wildman–Crippen LogP) is 4.13. The molecular weight excluding hydrogens is 297 g/mol. The van der Waals surface area contributed by atoms with Crippen molar-refractivity contribution in [3.63, 3.8) is 0 Å². The van der Waals surface area contributed by atoms with Crippen LogP contribution in [0.5, 0.6) is 0 Å². The van der Waals surface area contributed by atoms with E-state index < -0.39 is 13.4 Å². The van der Waals surface area contributed by atoms with Crippen molar-refractivity contribution in [2.24, 2.45) is 0 Å². The largest absolute Gasteiger partial charge is 0.368 e. The lowest BCUT2D eigenvalue weighted by Gasteiger charge is -2.21. The fourth-order valence-electron chi connectivity index (χ4n) is 2.43. The summed E-state index contributed by atoms with van der Waals surface area (Å²) in [6, 6.07) is 22.3. The predicted molar refractivity (Wildman–Crippen MR) is 88.8 cm³/mol. The van der Waals surface area contributed by atoms with Gasteiger partial charge in [-0.15, -0.1) is 0 Å². The second-order valence-corrected chi connectivity index (χ2v) is 6.80. The first-order valence-corrected chi connectivity index (χ1v) is 8.58. The first-order valence-electron chi connectivity index (χ1n) is 6.89. The fraction of sp³-hybridized carbons (Fsp3) is 0.0588. The number of rotatable bonds is 4. The van der Waals surface area contributed by atoms with Crippen LogP contribution in [0.25, 0.3) is 10.8 Å². The van der Waals surface area contributed by atoms with Crippen molar-refractivity contribution in [2.45, 2.75) is 5.78 Å². The van der Waals surface area contributed by atoms with Gasteiger partial charge < -0.3 is 15.1 Å². The van der Waals surface area contributed by atoms with Gasteiger partial charge in [0.05, 0.1) is 0 Å². The Morgan fingerprint density at radius 2 is 1.45 bits per heavy atom. The van der Waals surface area contributed by atoms with E-state index in [9.17, 15) is 14.4 Å². The van der Waals surface area contributed by atoms with Crippen LogP contribution < -0.4 is 5.32 Å². The summed E-state index contributed by atoms with van der Waals surface area (Å²) in [4.78, 5) is 19.3. The van der Waals surface area contributed by atoms with E-state index in [1.807, 2.05) is 48.5 Å². The maximum Gasteiger partial charge on any atom is 0.352 e. The van der Waals surface area contributed by atoms with Crippen LogP contribution >= 0.6 is 7.60 Å². The lowest BCUT2D eigenvalue weighted by Crippen LogP contribution is -2.11. The topological polar surface area (TPSA) is 69.6 Å². The molecule has 22 heavy (non-hydrogen) atoms. The Morgan fingerprint density at radius 1 is 0.818 bits per heavy atom. The summed E-state index contributed by atoms with van der Waals surface area (Å²) in [5, 5.41) is 5.07. The van der Waals surface area contributed by atoms with Crippen molar-refractivity contribution < 1.29 is 14.4 Å². The molecule has 0 fully saturated rings. The molecule has 3 N–H and O–H groups in total. The molecule has 0 bridgehead atoms. The smallest absolute Gasteiger partial charge is 0.352 e. The highest BCUT2D eigenvalue weighted by Gasteiger charge is 2.30. The molecule has 3 aromatic rings. The zero-order valence-electron chi connectivity index (χ0n) is 11.8. The molecule has 0 amide bonds. The Kier molecular flexibility index (Phi) is 3.99. The number of fused-ring (bicyclic) bond motifs is 1. The Hall–Kier alpha value is -2.13. The highest BCUT2D eigenvalue weighted by atomic mass is 31.2. The number of benzene rings is 3. The van der Waals surface area contributed by atoms with E-state index in [-0.39, 0.29) is 0 Å². The third-order valence-corrected chi connectivity index (χ3v) is 4.60. The zero-order valence-corrected chi connectivity index (χ0v) is 12.6.